The topological polar surface area (TPSA) is 50.2 Å². The number of aliphatic carboxylic acids is 1. The number of nitrogens with zero attached hydrogens (tertiary/aromatic N) is 1. The highest BCUT2D eigenvalue weighted by Gasteiger charge is 2.21. The monoisotopic (exact) mass is 331 g/mol. The van der Waals surface area contributed by atoms with Crippen molar-refractivity contribution in [2.45, 2.75) is 19.3 Å². The van der Waals surface area contributed by atoms with Crippen molar-refractivity contribution < 1.29 is 9.90 Å². The van der Waals surface area contributed by atoms with Crippen molar-refractivity contribution in [1.29, 1.82) is 0 Å². The number of halogens is 1. The average Bonchev–Trinajstić information content (AvgIpc) is 2.87. The predicted octanol–water partition coefficient (Wildman–Crippen LogP) is 4.21. The second-order valence-electron chi connectivity index (χ2n) is 3.50. The minimum Gasteiger partial charge on any atom is -0.481 e. The number of hydrogen-bond acceptors (Lipinski definition) is 4. The SMILES string of the molecule is CCC(C(=O)O)c1nc(-c2cc(Br)cs2)cs1. The molecular weight excluding hydrogens is 322 g/mol. The van der Waals surface area contributed by atoms with Gasteiger partial charge < -0.3 is 5.11 Å². The molecule has 0 fully saturated rings. The molecule has 0 radical (unpaired) electrons. The summed E-state index contributed by atoms with van der Waals surface area (Å²) in [6, 6.07) is 1.99. The summed E-state index contributed by atoms with van der Waals surface area (Å²) in [5, 5.41) is 13.7. The van der Waals surface area contributed by atoms with Crippen molar-refractivity contribution in [2.24, 2.45) is 0 Å². The summed E-state index contributed by atoms with van der Waals surface area (Å²) in [5.41, 5.74) is 0.861. The highest BCUT2D eigenvalue weighted by Crippen LogP contribution is 2.33. The van der Waals surface area contributed by atoms with Gasteiger partial charge in [0.05, 0.1) is 10.6 Å². The minimum atomic E-state index is -0.805. The lowest BCUT2D eigenvalue weighted by Gasteiger charge is -2.04. The van der Waals surface area contributed by atoms with Crippen molar-refractivity contribution >= 4 is 44.6 Å². The molecular formula is C11H10BrNO2S2. The Morgan fingerprint density at radius 2 is 2.29 bits per heavy atom. The molecule has 90 valence electrons. The van der Waals surface area contributed by atoms with Crippen LogP contribution in [0.2, 0.25) is 0 Å². The van der Waals surface area contributed by atoms with E-state index in [1.807, 2.05) is 23.8 Å². The summed E-state index contributed by atoms with van der Waals surface area (Å²) in [4.78, 5) is 16.5. The molecule has 2 rings (SSSR count). The number of thiophene rings is 1. The number of rotatable bonds is 4. The van der Waals surface area contributed by atoms with E-state index in [4.69, 9.17) is 5.11 Å². The zero-order valence-corrected chi connectivity index (χ0v) is 12.2. The van der Waals surface area contributed by atoms with Crippen LogP contribution in [0.5, 0.6) is 0 Å². The Balaban J connectivity index is 2.29. The van der Waals surface area contributed by atoms with Gasteiger partial charge >= 0.3 is 5.97 Å². The summed E-state index contributed by atoms with van der Waals surface area (Å²) in [7, 11) is 0. The Hall–Kier alpha value is -0.720. The van der Waals surface area contributed by atoms with Gasteiger partial charge in [0.15, 0.2) is 0 Å². The highest BCUT2D eigenvalue weighted by atomic mass is 79.9. The molecule has 0 bridgehead atoms. The van der Waals surface area contributed by atoms with Crippen LogP contribution in [0.3, 0.4) is 0 Å². The molecule has 2 aromatic heterocycles. The van der Waals surface area contributed by atoms with Gasteiger partial charge in [-0.05, 0) is 28.4 Å². The van der Waals surface area contributed by atoms with Crippen LogP contribution in [0, 0.1) is 0 Å². The molecule has 0 aliphatic rings. The second-order valence-corrected chi connectivity index (χ2v) is 6.22. The predicted molar refractivity (Wildman–Crippen MR) is 73.8 cm³/mol. The zero-order valence-electron chi connectivity index (χ0n) is 9.01. The van der Waals surface area contributed by atoms with Crippen LogP contribution in [0.25, 0.3) is 10.6 Å². The number of hydrogen-bond donors (Lipinski definition) is 1. The van der Waals surface area contributed by atoms with Crippen molar-refractivity contribution in [2.75, 3.05) is 0 Å². The van der Waals surface area contributed by atoms with Gasteiger partial charge in [0.1, 0.15) is 10.9 Å². The van der Waals surface area contributed by atoms with Gasteiger partial charge in [-0.1, -0.05) is 6.92 Å². The van der Waals surface area contributed by atoms with Gasteiger partial charge in [-0.25, -0.2) is 4.98 Å². The summed E-state index contributed by atoms with van der Waals surface area (Å²) in [6.07, 6.45) is 0.566. The first kappa shape index (κ1) is 12.7. The fourth-order valence-electron chi connectivity index (χ4n) is 1.46. The standard InChI is InChI=1S/C11H10BrNO2S2/c1-2-7(11(14)15)10-13-8(5-17-10)9-3-6(12)4-16-9/h3-5,7H,2H2,1H3,(H,14,15). The van der Waals surface area contributed by atoms with Gasteiger partial charge in [-0.2, -0.15) is 0 Å². The van der Waals surface area contributed by atoms with Crippen molar-refractivity contribution in [3.8, 4) is 10.6 Å². The third kappa shape index (κ3) is 2.75. The Bertz CT molecular complexity index is 535. The van der Waals surface area contributed by atoms with Crippen LogP contribution in [0.4, 0.5) is 0 Å². The third-order valence-corrected chi connectivity index (χ3v) is 5.02. The van der Waals surface area contributed by atoms with Crippen LogP contribution in [0.1, 0.15) is 24.3 Å². The lowest BCUT2D eigenvalue weighted by atomic mass is 10.1. The van der Waals surface area contributed by atoms with E-state index in [1.54, 1.807) is 11.3 Å². The van der Waals surface area contributed by atoms with E-state index in [9.17, 15) is 4.79 Å². The average molecular weight is 332 g/mol. The first-order valence-corrected chi connectivity index (χ1v) is 7.59. The van der Waals surface area contributed by atoms with E-state index >= 15 is 0 Å². The maximum Gasteiger partial charge on any atom is 0.313 e. The molecule has 0 saturated carbocycles. The van der Waals surface area contributed by atoms with Crippen molar-refractivity contribution in [3.63, 3.8) is 0 Å². The Labute approximate surface area is 115 Å². The second kappa shape index (κ2) is 5.29. The Morgan fingerprint density at radius 3 is 2.82 bits per heavy atom. The molecule has 3 nitrogen and oxygen atoms in total. The van der Waals surface area contributed by atoms with E-state index in [1.165, 1.54) is 11.3 Å². The van der Waals surface area contributed by atoms with E-state index in [2.05, 4.69) is 20.9 Å². The molecule has 0 aliphatic carbocycles. The molecule has 1 N–H and O–H groups in total. The lowest BCUT2D eigenvalue weighted by Crippen LogP contribution is -2.09. The maximum atomic E-state index is 11.0. The van der Waals surface area contributed by atoms with Crippen LogP contribution >= 0.6 is 38.6 Å². The number of carbonyl (C=O) groups is 1. The fourth-order valence-corrected chi connectivity index (χ4v) is 3.92. The number of aromatic nitrogens is 1. The summed E-state index contributed by atoms with van der Waals surface area (Å²) >= 11 is 6.40. The molecule has 2 aromatic rings. The van der Waals surface area contributed by atoms with Crippen LogP contribution in [-0.2, 0) is 4.79 Å². The van der Waals surface area contributed by atoms with E-state index in [0.29, 0.717) is 11.4 Å². The van der Waals surface area contributed by atoms with E-state index in [-0.39, 0.29) is 0 Å². The molecule has 1 atom stereocenters. The van der Waals surface area contributed by atoms with Crippen molar-refractivity contribution in [3.05, 3.63) is 26.3 Å². The number of thiazole rings is 1. The molecule has 1 unspecified atom stereocenters. The quantitative estimate of drug-likeness (QED) is 0.912. The molecule has 0 aliphatic heterocycles. The molecule has 2 heterocycles. The molecule has 6 heteroatoms. The maximum absolute atomic E-state index is 11.0. The Kier molecular flexibility index (Phi) is 3.96. The van der Waals surface area contributed by atoms with Gasteiger partial charge in [-0.3, -0.25) is 4.79 Å². The molecule has 0 aromatic carbocycles. The summed E-state index contributed by atoms with van der Waals surface area (Å²) in [5.74, 6) is -1.29. The van der Waals surface area contributed by atoms with E-state index < -0.39 is 11.9 Å². The molecule has 0 saturated heterocycles. The van der Waals surface area contributed by atoms with Crippen LogP contribution in [0.15, 0.2) is 21.3 Å². The van der Waals surface area contributed by atoms with Crippen molar-refractivity contribution in [1.82, 2.24) is 4.98 Å². The molecule has 17 heavy (non-hydrogen) atoms. The fraction of sp³-hybridized carbons (Fsp3) is 0.273. The minimum absolute atomic E-state index is 0.489. The van der Waals surface area contributed by atoms with Gasteiger partial charge in [0.2, 0.25) is 0 Å². The zero-order chi connectivity index (χ0) is 12.4. The number of carboxylic acid groups (broad SMARTS) is 1. The largest absolute Gasteiger partial charge is 0.481 e. The first-order chi connectivity index (χ1) is 8.11. The lowest BCUT2D eigenvalue weighted by molar-refractivity contribution is -0.138. The number of carboxylic acids is 1. The smallest absolute Gasteiger partial charge is 0.313 e. The van der Waals surface area contributed by atoms with E-state index in [0.717, 1.165) is 15.0 Å². The van der Waals surface area contributed by atoms with Gasteiger partial charge in [-0.15, -0.1) is 22.7 Å². The summed E-state index contributed by atoms with van der Waals surface area (Å²) < 4.78 is 1.03. The Morgan fingerprint density at radius 1 is 1.53 bits per heavy atom. The van der Waals surface area contributed by atoms with Crippen LogP contribution < -0.4 is 0 Å². The molecule has 0 amide bonds. The highest BCUT2D eigenvalue weighted by molar-refractivity contribution is 9.10. The summed E-state index contributed by atoms with van der Waals surface area (Å²) in [6.45, 7) is 1.86. The molecule has 0 spiro atoms. The third-order valence-electron chi connectivity index (χ3n) is 2.35. The first-order valence-electron chi connectivity index (χ1n) is 5.04. The van der Waals surface area contributed by atoms with Crippen LogP contribution in [-0.4, -0.2) is 16.1 Å². The van der Waals surface area contributed by atoms with Gasteiger partial charge in [0, 0.05) is 15.2 Å². The van der Waals surface area contributed by atoms with Gasteiger partial charge in [0.25, 0.3) is 0 Å². The normalized spacial score (nSPS) is 12.6.